The van der Waals surface area contributed by atoms with Gasteiger partial charge in [0.05, 0.1) is 11.1 Å². The molecule has 0 aliphatic rings. The summed E-state index contributed by atoms with van der Waals surface area (Å²) in [5.41, 5.74) is 1.11. The summed E-state index contributed by atoms with van der Waals surface area (Å²) < 4.78 is 14.1. The molecule has 0 heterocycles. The second kappa shape index (κ2) is 7.60. The van der Waals surface area contributed by atoms with Gasteiger partial charge in [0.25, 0.3) is 0 Å². The highest BCUT2D eigenvalue weighted by Crippen LogP contribution is 2.47. The molecule has 0 amide bonds. The smallest absolute Gasteiger partial charge is 0.335 e. The van der Waals surface area contributed by atoms with Crippen LogP contribution in [0, 0.1) is 0 Å². The number of hydrogen-bond donors (Lipinski definition) is 2. The van der Waals surface area contributed by atoms with Gasteiger partial charge >= 0.3 is 11.9 Å². The van der Waals surface area contributed by atoms with E-state index < -0.39 is 19.1 Å². The van der Waals surface area contributed by atoms with Crippen molar-refractivity contribution in [2.45, 2.75) is 6.16 Å². The van der Waals surface area contributed by atoms with E-state index in [4.69, 9.17) is 10.2 Å². The zero-order valence-corrected chi connectivity index (χ0v) is 15.2. The van der Waals surface area contributed by atoms with E-state index in [1.54, 1.807) is 24.3 Å². The first-order chi connectivity index (χ1) is 12.9. The predicted octanol–water partition coefficient (Wildman–Crippen LogP) is 3.60. The number of hydrogen-bond acceptors (Lipinski definition) is 3. The highest BCUT2D eigenvalue weighted by Gasteiger charge is 2.28. The lowest BCUT2D eigenvalue weighted by Crippen LogP contribution is -2.18. The van der Waals surface area contributed by atoms with Crippen LogP contribution in [-0.4, -0.2) is 22.2 Å². The molecule has 0 radical (unpaired) electrons. The molecular formula is C21H17O5P. The summed E-state index contributed by atoms with van der Waals surface area (Å²) in [6.07, 6.45) is 0.257. The molecule has 2 N–H and O–H groups in total. The third-order valence-corrected chi connectivity index (χ3v) is 7.39. The molecule has 0 unspecified atom stereocenters. The van der Waals surface area contributed by atoms with Crippen molar-refractivity contribution in [2.75, 3.05) is 0 Å². The van der Waals surface area contributed by atoms with E-state index in [1.165, 1.54) is 24.3 Å². The summed E-state index contributed by atoms with van der Waals surface area (Å²) >= 11 is 0. The molecule has 0 saturated heterocycles. The van der Waals surface area contributed by atoms with Crippen LogP contribution in [0.15, 0.2) is 78.9 Å². The standard InChI is InChI=1S/C21H17O5P/c22-20(23)16-6-10-18(11-7-16)27(26,14-15-4-2-1-3-5-15)19-12-8-17(9-13-19)21(24)25/h1-13H,14H2,(H,22,23)(H,24,25). The van der Waals surface area contributed by atoms with Crippen LogP contribution in [0.2, 0.25) is 0 Å². The second-order valence-electron chi connectivity index (χ2n) is 6.09. The Morgan fingerprint density at radius 3 is 1.44 bits per heavy atom. The summed E-state index contributed by atoms with van der Waals surface area (Å²) in [7, 11) is -3.13. The monoisotopic (exact) mass is 380 g/mol. The Hall–Kier alpha value is -3.17. The minimum atomic E-state index is -3.13. The second-order valence-corrected chi connectivity index (χ2v) is 8.92. The maximum atomic E-state index is 14.1. The van der Waals surface area contributed by atoms with Crippen LogP contribution >= 0.6 is 7.14 Å². The maximum absolute atomic E-state index is 14.1. The van der Waals surface area contributed by atoms with Gasteiger partial charge in [0.2, 0.25) is 0 Å². The lowest BCUT2D eigenvalue weighted by molar-refractivity contribution is 0.0686. The van der Waals surface area contributed by atoms with Crippen molar-refractivity contribution in [3.05, 3.63) is 95.6 Å². The van der Waals surface area contributed by atoms with Gasteiger partial charge in [-0.25, -0.2) is 9.59 Å². The molecule has 0 atom stereocenters. The van der Waals surface area contributed by atoms with Crippen LogP contribution in [-0.2, 0) is 10.7 Å². The van der Waals surface area contributed by atoms with Crippen molar-refractivity contribution in [3.8, 4) is 0 Å². The zero-order chi connectivity index (χ0) is 19.4. The Morgan fingerprint density at radius 1 is 0.667 bits per heavy atom. The van der Waals surface area contributed by atoms with Crippen LogP contribution in [0.5, 0.6) is 0 Å². The Labute approximate surface area is 156 Å². The molecule has 6 heteroatoms. The van der Waals surface area contributed by atoms with Crippen LogP contribution in [0.1, 0.15) is 26.3 Å². The fraction of sp³-hybridized carbons (Fsp3) is 0.0476. The Balaban J connectivity index is 2.09. The molecule has 0 aliphatic heterocycles. The molecule has 3 aromatic carbocycles. The van der Waals surface area contributed by atoms with E-state index >= 15 is 0 Å². The molecule has 0 spiro atoms. The highest BCUT2D eigenvalue weighted by molar-refractivity contribution is 7.78. The van der Waals surface area contributed by atoms with Crippen LogP contribution in [0.25, 0.3) is 0 Å². The lowest BCUT2D eigenvalue weighted by Gasteiger charge is -2.20. The molecule has 0 fully saturated rings. The molecule has 0 aliphatic carbocycles. The molecule has 3 aromatic rings. The number of aromatic carboxylic acids is 2. The van der Waals surface area contributed by atoms with Crippen molar-refractivity contribution in [3.63, 3.8) is 0 Å². The van der Waals surface area contributed by atoms with E-state index in [2.05, 4.69) is 0 Å². The van der Waals surface area contributed by atoms with E-state index in [-0.39, 0.29) is 17.3 Å². The maximum Gasteiger partial charge on any atom is 0.335 e. The SMILES string of the molecule is O=C(O)c1ccc(P(=O)(Cc2ccccc2)c2ccc(C(=O)O)cc2)cc1. The van der Waals surface area contributed by atoms with E-state index in [1.807, 2.05) is 30.3 Å². The van der Waals surface area contributed by atoms with E-state index in [0.717, 1.165) is 5.56 Å². The Kier molecular flexibility index (Phi) is 5.24. The Bertz CT molecular complexity index is 947. The number of carboxylic acids is 2. The van der Waals surface area contributed by atoms with Gasteiger partial charge in [0, 0.05) is 16.8 Å². The third kappa shape index (κ3) is 3.99. The van der Waals surface area contributed by atoms with Crippen LogP contribution < -0.4 is 10.6 Å². The average molecular weight is 380 g/mol. The first-order valence-corrected chi connectivity index (χ1v) is 10.1. The van der Waals surface area contributed by atoms with Crippen molar-refractivity contribution >= 4 is 29.7 Å². The fourth-order valence-corrected chi connectivity index (χ4v) is 5.51. The number of benzene rings is 3. The van der Waals surface area contributed by atoms with Gasteiger partial charge < -0.3 is 14.8 Å². The van der Waals surface area contributed by atoms with Gasteiger partial charge in [0.1, 0.15) is 7.14 Å². The van der Waals surface area contributed by atoms with Gasteiger partial charge in [-0.3, -0.25) is 0 Å². The minimum absolute atomic E-state index is 0.117. The van der Waals surface area contributed by atoms with Gasteiger partial charge in [-0.1, -0.05) is 54.6 Å². The summed E-state index contributed by atoms with van der Waals surface area (Å²) in [6.45, 7) is 0. The predicted molar refractivity (Wildman–Crippen MR) is 104 cm³/mol. The first-order valence-electron chi connectivity index (χ1n) is 8.21. The highest BCUT2D eigenvalue weighted by atomic mass is 31.2. The van der Waals surface area contributed by atoms with Gasteiger partial charge in [-0.05, 0) is 29.8 Å². The number of rotatable bonds is 6. The van der Waals surface area contributed by atoms with E-state index in [9.17, 15) is 14.2 Å². The average Bonchev–Trinajstić information content (AvgIpc) is 2.69. The molecule has 0 aromatic heterocycles. The normalized spacial score (nSPS) is 11.1. The molecule has 5 nitrogen and oxygen atoms in total. The van der Waals surface area contributed by atoms with Crippen LogP contribution in [0.3, 0.4) is 0 Å². The molecule has 27 heavy (non-hydrogen) atoms. The zero-order valence-electron chi connectivity index (χ0n) is 14.3. The third-order valence-electron chi connectivity index (χ3n) is 4.31. The topological polar surface area (TPSA) is 91.7 Å². The van der Waals surface area contributed by atoms with Crippen molar-refractivity contribution in [2.24, 2.45) is 0 Å². The molecule has 0 bridgehead atoms. The molecule has 136 valence electrons. The number of carboxylic acid groups (broad SMARTS) is 2. The van der Waals surface area contributed by atoms with Crippen molar-refractivity contribution in [1.29, 1.82) is 0 Å². The molecule has 0 saturated carbocycles. The number of carbonyl (C=O) groups is 2. The van der Waals surface area contributed by atoms with Gasteiger partial charge in [-0.15, -0.1) is 0 Å². The fourth-order valence-electron chi connectivity index (χ4n) is 2.86. The van der Waals surface area contributed by atoms with Crippen molar-refractivity contribution < 1.29 is 24.4 Å². The largest absolute Gasteiger partial charge is 0.478 e. The Morgan fingerprint density at radius 2 is 1.07 bits per heavy atom. The van der Waals surface area contributed by atoms with Crippen LogP contribution in [0.4, 0.5) is 0 Å². The van der Waals surface area contributed by atoms with Crippen molar-refractivity contribution in [1.82, 2.24) is 0 Å². The lowest BCUT2D eigenvalue weighted by atomic mass is 10.2. The summed E-state index contributed by atoms with van der Waals surface area (Å²) in [4.78, 5) is 22.2. The van der Waals surface area contributed by atoms with Gasteiger partial charge in [0.15, 0.2) is 0 Å². The summed E-state index contributed by atoms with van der Waals surface area (Å²) in [5.74, 6) is -2.10. The van der Waals surface area contributed by atoms with Gasteiger partial charge in [-0.2, -0.15) is 0 Å². The summed E-state index contributed by atoms with van der Waals surface area (Å²) in [5, 5.41) is 19.2. The first kappa shape index (κ1) is 18.6. The minimum Gasteiger partial charge on any atom is -0.478 e. The molecule has 3 rings (SSSR count). The quantitative estimate of drug-likeness (QED) is 0.638. The van der Waals surface area contributed by atoms with E-state index in [0.29, 0.717) is 10.6 Å². The molecular weight excluding hydrogens is 363 g/mol. The summed E-state index contributed by atoms with van der Waals surface area (Å²) in [6, 6.07) is 21.4.